The van der Waals surface area contributed by atoms with Crippen molar-refractivity contribution in [2.24, 2.45) is 0 Å². The summed E-state index contributed by atoms with van der Waals surface area (Å²) in [5, 5.41) is 12.8. The number of phenols is 1. The Balaban J connectivity index is 2.17. The van der Waals surface area contributed by atoms with Crippen LogP contribution in [0.1, 0.15) is 11.6 Å². The summed E-state index contributed by atoms with van der Waals surface area (Å²) in [6.07, 6.45) is 1.94. The van der Waals surface area contributed by atoms with Gasteiger partial charge in [0.15, 0.2) is 0 Å². The molecule has 0 bridgehead atoms. The van der Waals surface area contributed by atoms with E-state index < -0.39 is 0 Å². The number of piperazine rings is 1. The van der Waals surface area contributed by atoms with Gasteiger partial charge >= 0.3 is 0 Å². The second kappa shape index (κ2) is 5.14. The number of phenolic OH excluding ortho intramolecular Hbond substituents is 1. The van der Waals surface area contributed by atoms with Crippen molar-refractivity contribution in [3.05, 3.63) is 42.5 Å². The van der Waals surface area contributed by atoms with Gasteiger partial charge in [-0.05, 0) is 17.7 Å². The highest BCUT2D eigenvalue weighted by molar-refractivity contribution is 5.31. The smallest absolute Gasteiger partial charge is 0.115 e. The summed E-state index contributed by atoms with van der Waals surface area (Å²) in [5.41, 5.74) is 1.11. The largest absolute Gasteiger partial charge is 0.508 e. The molecule has 0 unspecified atom stereocenters. The number of nitrogens with one attached hydrogen (secondary N) is 1. The van der Waals surface area contributed by atoms with Crippen LogP contribution in [0.25, 0.3) is 0 Å². The number of benzene rings is 1. The molecule has 0 saturated carbocycles. The highest BCUT2D eigenvalue weighted by atomic mass is 16.3. The number of hydrogen-bond donors (Lipinski definition) is 2. The van der Waals surface area contributed by atoms with E-state index in [9.17, 15) is 5.11 Å². The maximum absolute atomic E-state index is 9.49. The van der Waals surface area contributed by atoms with Gasteiger partial charge in [0.25, 0.3) is 0 Å². The second-order valence-electron chi connectivity index (χ2n) is 4.06. The van der Waals surface area contributed by atoms with Crippen molar-refractivity contribution < 1.29 is 5.11 Å². The molecule has 1 atom stereocenters. The Labute approximate surface area is 96.4 Å². The number of aromatic hydroxyl groups is 1. The van der Waals surface area contributed by atoms with Gasteiger partial charge < -0.3 is 10.4 Å². The maximum Gasteiger partial charge on any atom is 0.115 e. The fourth-order valence-electron chi connectivity index (χ4n) is 2.17. The van der Waals surface area contributed by atoms with Crippen molar-refractivity contribution in [3.8, 4) is 5.75 Å². The normalized spacial score (nSPS) is 19.2. The fraction of sp³-hybridized carbons (Fsp3) is 0.385. The van der Waals surface area contributed by atoms with Crippen molar-refractivity contribution in [1.82, 2.24) is 10.2 Å². The maximum atomic E-state index is 9.49. The molecule has 2 rings (SSSR count). The highest BCUT2D eigenvalue weighted by Gasteiger charge is 2.19. The van der Waals surface area contributed by atoms with Crippen LogP contribution in [-0.4, -0.2) is 36.2 Å². The standard InChI is InChI=1S/C13H18N2O/c1-2-13(15-8-6-14-7-9-15)11-4-3-5-12(16)10-11/h2-5,10,13-14,16H,1,6-9H2/t13-/m0/s1. The summed E-state index contributed by atoms with van der Waals surface area (Å²) in [6.45, 7) is 7.97. The molecule has 1 heterocycles. The van der Waals surface area contributed by atoms with Crippen molar-refractivity contribution in [3.63, 3.8) is 0 Å². The SMILES string of the molecule is C=C[C@@H](c1cccc(O)c1)N1CCNCC1. The number of rotatable bonds is 3. The van der Waals surface area contributed by atoms with E-state index in [1.807, 2.05) is 24.3 Å². The first-order valence-electron chi connectivity index (χ1n) is 5.67. The molecule has 1 aliphatic heterocycles. The molecule has 0 aromatic heterocycles. The van der Waals surface area contributed by atoms with Crippen molar-refractivity contribution in [1.29, 1.82) is 0 Å². The van der Waals surface area contributed by atoms with Crippen LogP contribution < -0.4 is 5.32 Å². The zero-order valence-corrected chi connectivity index (χ0v) is 9.39. The monoisotopic (exact) mass is 218 g/mol. The van der Waals surface area contributed by atoms with Gasteiger partial charge in [-0.15, -0.1) is 6.58 Å². The van der Waals surface area contributed by atoms with E-state index in [1.54, 1.807) is 6.07 Å². The average molecular weight is 218 g/mol. The van der Waals surface area contributed by atoms with Gasteiger partial charge in [-0.1, -0.05) is 18.2 Å². The lowest BCUT2D eigenvalue weighted by atomic mass is 10.0. The molecule has 3 nitrogen and oxygen atoms in total. The first kappa shape index (κ1) is 11.2. The first-order valence-corrected chi connectivity index (χ1v) is 5.67. The molecule has 2 N–H and O–H groups in total. The lowest BCUT2D eigenvalue weighted by molar-refractivity contribution is 0.203. The summed E-state index contributed by atoms with van der Waals surface area (Å²) in [5.74, 6) is 0.319. The van der Waals surface area contributed by atoms with Crippen LogP contribution in [0.4, 0.5) is 0 Å². The Morgan fingerprint density at radius 1 is 1.38 bits per heavy atom. The van der Waals surface area contributed by atoms with Crippen molar-refractivity contribution in [2.75, 3.05) is 26.2 Å². The van der Waals surface area contributed by atoms with Crippen LogP contribution in [0.15, 0.2) is 36.9 Å². The third kappa shape index (κ3) is 2.43. The molecule has 1 saturated heterocycles. The van der Waals surface area contributed by atoms with Gasteiger partial charge in [0.1, 0.15) is 5.75 Å². The molecule has 0 spiro atoms. The number of nitrogens with zero attached hydrogens (tertiary/aromatic N) is 1. The Hall–Kier alpha value is -1.32. The molecule has 16 heavy (non-hydrogen) atoms. The van der Waals surface area contributed by atoms with Gasteiger partial charge in [0.2, 0.25) is 0 Å². The third-order valence-corrected chi connectivity index (χ3v) is 2.98. The quantitative estimate of drug-likeness (QED) is 0.755. The summed E-state index contributed by atoms with van der Waals surface area (Å²) in [6, 6.07) is 7.63. The zero-order chi connectivity index (χ0) is 11.4. The Morgan fingerprint density at radius 3 is 2.75 bits per heavy atom. The highest BCUT2D eigenvalue weighted by Crippen LogP contribution is 2.24. The van der Waals surface area contributed by atoms with E-state index in [0.29, 0.717) is 5.75 Å². The Kier molecular flexibility index (Phi) is 3.59. The molecule has 1 aliphatic rings. The first-order chi connectivity index (χ1) is 7.81. The van der Waals surface area contributed by atoms with Crippen LogP contribution in [0.5, 0.6) is 5.75 Å². The predicted octanol–water partition coefficient (Wildman–Crippen LogP) is 1.52. The van der Waals surface area contributed by atoms with Gasteiger partial charge in [-0.3, -0.25) is 4.90 Å². The van der Waals surface area contributed by atoms with E-state index in [0.717, 1.165) is 31.7 Å². The molecular formula is C13H18N2O. The number of hydrogen-bond acceptors (Lipinski definition) is 3. The minimum Gasteiger partial charge on any atom is -0.508 e. The molecule has 0 aliphatic carbocycles. The minimum absolute atomic E-state index is 0.203. The predicted molar refractivity (Wildman–Crippen MR) is 65.5 cm³/mol. The van der Waals surface area contributed by atoms with E-state index in [2.05, 4.69) is 16.8 Å². The Bertz CT molecular complexity index is 359. The van der Waals surface area contributed by atoms with Gasteiger partial charge in [0, 0.05) is 26.2 Å². The van der Waals surface area contributed by atoms with Crippen LogP contribution in [0.3, 0.4) is 0 Å². The van der Waals surface area contributed by atoms with Crippen molar-refractivity contribution >= 4 is 0 Å². The molecule has 0 amide bonds. The van der Waals surface area contributed by atoms with E-state index in [4.69, 9.17) is 0 Å². The minimum atomic E-state index is 0.203. The summed E-state index contributed by atoms with van der Waals surface area (Å²) in [4.78, 5) is 2.37. The van der Waals surface area contributed by atoms with Crippen LogP contribution in [0, 0.1) is 0 Å². The van der Waals surface area contributed by atoms with Gasteiger partial charge in [-0.2, -0.15) is 0 Å². The summed E-state index contributed by atoms with van der Waals surface area (Å²) >= 11 is 0. The van der Waals surface area contributed by atoms with Gasteiger partial charge in [0.05, 0.1) is 6.04 Å². The summed E-state index contributed by atoms with van der Waals surface area (Å²) < 4.78 is 0. The van der Waals surface area contributed by atoms with E-state index in [-0.39, 0.29) is 6.04 Å². The molecule has 0 radical (unpaired) electrons. The lowest BCUT2D eigenvalue weighted by Crippen LogP contribution is -2.44. The van der Waals surface area contributed by atoms with E-state index in [1.165, 1.54) is 0 Å². The Morgan fingerprint density at radius 2 is 2.12 bits per heavy atom. The fourth-order valence-corrected chi connectivity index (χ4v) is 2.17. The van der Waals surface area contributed by atoms with Crippen LogP contribution >= 0.6 is 0 Å². The lowest BCUT2D eigenvalue weighted by Gasteiger charge is -2.33. The molecule has 86 valence electrons. The topological polar surface area (TPSA) is 35.5 Å². The van der Waals surface area contributed by atoms with Crippen molar-refractivity contribution in [2.45, 2.75) is 6.04 Å². The third-order valence-electron chi connectivity index (χ3n) is 2.98. The summed E-state index contributed by atoms with van der Waals surface area (Å²) in [7, 11) is 0. The second-order valence-corrected chi connectivity index (χ2v) is 4.06. The molecular weight excluding hydrogens is 200 g/mol. The molecule has 3 heteroatoms. The van der Waals surface area contributed by atoms with Gasteiger partial charge in [-0.25, -0.2) is 0 Å². The van der Waals surface area contributed by atoms with Crippen LogP contribution in [-0.2, 0) is 0 Å². The molecule has 1 fully saturated rings. The molecule has 1 aromatic rings. The van der Waals surface area contributed by atoms with E-state index >= 15 is 0 Å². The average Bonchev–Trinajstić information content (AvgIpc) is 2.31. The zero-order valence-electron chi connectivity index (χ0n) is 9.39. The van der Waals surface area contributed by atoms with Crippen LogP contribution in [0.2, 0.25) is 0 Å². The molecule has 1 aromatic carbocycles.